The van der Waals surface area contributed by atoms with Crippen LogP contribution in [0.2, 0.25) is 0 Å². The van der Waals surface area contributed by atoms with Crippen LogP contribution in [-0.4, -0.2) is 67.1 Å². The van der Waals surface area contributed by atoms with Gasteiger partial charge in [-0.2, -0.15) is 18.3 Å². The van der Waals surface area contributed by atoms with Crippen LogP contribution in [0.1, 0.15) is 23.0 Å². The summed E-state index contributed by atoms with van der Waals surface area (Å²) in [6.45, 7) is 1.68. The number of ether oxygens (including phenoxy) is 3. The zero-order valence-corrected chi connectivity index (χ0v) is 16.7. The number of hydrogen-bond acceptors (Lipinski definition) is 6. The van der Waals surface area contributed by atoms with Crippen molar-refractivity contribution in [2.45, 2.75) is 13.1 Å². The number of esters is 1. The molecule has 1 heterocycles. The summed E-state index contributed by atoms with van der Waals surface area (Å²) in [6.07, 6.45) is -3.23. The van der Waals surface area contributed by atoms with Crippen molar-refractivity contribution in [2.75, 3.05) is 40.5 Å². The molecule has 2 aromatic rings. The maximum atomic E-state index is 13.0. The molecule has 0 spiro atoms. The van der Waals surface area contributed by atoms with Crippen LogP contribution in [0.25, 0.3) is 5.69 Å². The normalized spacial score (nSPS) is 11.3. The molecular formula is C19H22F3N3O5. The van der Waals surface area contributed by atoms with Gasteiger partial charge in [-0.15, -0.1) is 0 Å². The van der Waals surface area contributed by atoms with E-state index in [4.69, 9.17) is 14.2 Å². The smallest absolute Gasteiger partial charge is 0.416 e. The van der Waals surface area contributed by atoms with E-state index >= 15 is 0 Å². The molecule has 30 heavy (non-hydrogen) atoms. The second-order valence-corrected chi connectivity index (χ2v) is 6.06. The SMILES string of the molecule is CCOC(=O)CN(CCOC)C(=O)c1nn(-c2cccc(C(F)(F)F)c2)cc1OC. The van der Waals surface area contributed by atoms with Crippen LogP contribution < -0.4 is 4.74 Å². The molecule has 0 saturated carbocycles. The molecule has 2 rings (SSSR count). The molecule has 164 valence electrons. The number of alkyl halides is 3. The zero-order valence-electron chi connectivity index (χ0n) is 16.7. The predicted molar refractivity (Wildman–Crippen MR) is 99.5 cm³/mol. The third kappa shape index (κ3) is 5.72. The number of amides is 1. The number of methoxy groups -OCH3 is 2. The van der Waals surface area contributed by atoms with Crippen LogP contribution in [0.3, 0.4) is 0 Å². The van der Waals surface area contributed by atoms with E-state index in [-0.39, 0.29) is 43.4 Å². The lowest BCUT2D eigenvalue weighted by atomic mass is 10.2. The van der Waals surface area contributed by atoms with Crippen LogP contribution in [0, 0.1) is 0 Å². The highest BCUT2D eigenvalue weighted by molar-refractivity contribution is 5.96. The Kier molecular flexibility index (Phi) is 7.81. The standard InChI is InChI=1S/C19H22F3N3O5/c1-4-30-16(26)12-24(8-9-28-2)18(27)17-15(29-3)11-25(23-17)14-7-5-6-13(10-14)19(20,21)22/h5-7,10-11H,4,8-9,12H2,1-3H3. The quantitative estimate of drug-likeness (QED) is 0.570. The fraction of sp³-hybridized carbons (Fsp3) is 0.421. The number of carbonyl (C=O) groups excluding carboxylic acids is 2. The average Bonchev–Trinajstić information content (AvgIpc) is 3.14. The Morgan fingerprint density at radius 3 is 2.57 bits per heavy atom. The van der Waals surface area contributed by atoms with Crippen molar-refractivity contribution < 1.29 is 37.0 Å². The fourth-order valence-electron chi connectivity index (χ4n) is 2.58. The lowest BCUT2D eigenvalue weighted by Crippen LogP contribution is -2.39. The zero-order chi connectivity index (χ0) is 22.3. The van der Waals surface area contributed by atoms with Crippen molar-refractivity contribution >= 4 is 11.9 Å². The highest BCUT2D eigenvalue weighted by Crippen LogP contribution is 2.31. The Balaban J connectivity index is 2.37. The molecule has 1 aromatic heterocycles. The third-order valence-electron chi connectivity index (χ3n) is 4.02. The summed E-state index contributed by atoms with van der Waals surface area (Å²) in [6, 6.07) is 4.49. The Hall–Kier alpha value is -3.08. The summed E-state index contributed by atoms with van der Waals surface area (Å²) in [5.41, 5.74) is -0.919. The van der Waals surface area contributed by atoms with Crippen molar-refractivity contribution in [2.24, 2.45) is 0 Å². The average molecular weight is 429 g/mol. The van der Waals surface area contributed by atoms with E-state index in [9.17, 15) is 22.8 Å². The van der Waals surface area contributed by atoms with Crippen molar-refractivity contribution in [3.63, 3.8) is 0 Å². The van der Waals surface area contributed by atoms with Gasteiger partial charge < -0.3 is 19.1 Å². The van der Waals surface area contributed by atoms with E-state index in [1.54, 1.807) is 6.92 Å². The van der Waals surface area contributed by atoms with Crippen molar-refractivity contribution in [1.82, 2.24) is 14.7 Å². The summed E-state index contributed by atoms with van der Waals surface area (Å²) >= 11 is 0. The van der Waals surface area contributed by atoms with Crippen LogP contribution in [0.15, 0.2) is 30.5 Å². The second-order valence-electron chi connectivity index (χ2n) is 6.06. The molecule has 0 aliphatic carbocycles. The predicted octanol–water partition coefficient (Wildman–Crippen LogP) is 2.55. The largest absolute Gasteiger partial charge is 0.493 e. The highest BCUT2D eigenvalue weighted by atomic mass is 19.4. The minimum Gasteiger partial charge on any atom is -0.493 e. The minimum atomic E-state index is -4.53. The van der Waals surface area contributed by atoms with E-state index in [2.05, 4.69) is 5.10 Å². The van der Waals surface area contributed by atoms with E-state index in [1.807, 2.05) is 0 Å². The van der Waals surface area contributed by atoms with Crippen LogP contribution in [-0.2, 0) is 20.4 Å². The maximum absolute atomic E-state index is 13.0. The number of aromatic nitrogens is 2. The third-order valence-corrected chi connectivity index (χ3v) is 4.02. The van der Waals surface area contributed by atoms with Gasteiger partial charge in [-0.3, -0.25) is 9.59 Å². The monoisotopic (exact) mass is 429 g/mol. The second kappa shape index (κ2) is 10.1. The van der Waals surface area contributed by atoms with Crippen LogP contribution in [0.4, 0.5) is 13.2 Å². The van der Waals surface area contributed by atoms with Crippen LogP contribution in [0.5, 0.6) is 5.75 Å². The summed E-state index contributed by atoms with van der Waals surface area (Å²) < 4.78 is 55.1. The molecule has 0 radical (unpaired) electrons. The number of halogens is 3. The molecule has 0 unspecified atom stereocenters. The Morgan fingerprint density at radius 2 is 1.97 bits per heavy atom. The summed E-state index contributed by atoms with van der Waals surface area (Å²) in [5, 5.41) is 4.10. The first-order chi connectivity index (χ1) is 14.2. The summed E-state index contributed by atoms with van der Waals surface area (Å²) in [5.74, 6) is -1.22. The molecular weight excluding hydrogens is 407 g/mol. The molecule has 0 bridgehead atoms. The van der Waals surface area contributed by atoms with Crippen molar-refractivity contribution in [3.05, 3.63) is 41.7 Å². The number of rotatable bonds is 9. The van der Waals surface area contributed by atoms with Gasteiger partial charge in [0.2, 0.25) is 0 Å². The topological polar surface area (TPSA) is 82.9 Å². The molecule has 0 saturated heterocycles. The van der Waals surface area contributed by atoms with Crippen LogP contribution >= 0.6 is 0 Å². The van der Waals surface area contributed by atoms with Crippen molar-refractivity contribution in [1.29, 1.82) is 0 Å². The van der Waals surface area contributed by atoms with E-state index in [0.717, 1.165) is 16.8 Å². The highest BCUT2D eigenvalue weighted by Gasteiger charge is 2.31. The van der Waals surface area contributed by atoms with Gasteiger partial charge in [-0.05, 0) is 25.1 Å². The van der Waals surface area contributed by atoms with Gasteiger partial charge in [0, 0.05) is 13.7 Å². The molecule has 11 heteroatoms. The lowest BCUT2D eigenvalue weighted by Gasteiger charge is -2.20. The van der Waals surface area contributed by atoms with Crippen molar-refractivity contribution in [3.8, 4) is 11.4 Å². The summed E-state index contributed by atoms with van der Waals surface area (Å²) in [4.78, 5) is 26.0. The molecule has 8 nitrogen and oxygen atoms in total. The number of nitrogens with zero attached hydrogens (tertiary/aromatic N) is 3. The van der Waals surface area contributed by atoms with Gasteiger partial charge in [-0.1, -0.05) is 6.07 Å². The Labute approximate surface area is 171 Å². The minimum absolute atomic E-state index is 0.0451. The number of benzene rings is 1. The molecule has 0 N–H and O–H groups in total. The van der Waals surface area contributed by atoms with E-state index in [1.165, 1.54) is 37.4 Å². The van der Waals surface area contributed by atoms with E-state index in [0.29, 0.717) is 0 Å². The molecule has 0 fully saturated rings. The van der Waals surface area contributed by atoms with Gasteiger partial charge in [0.05, 0.1) is 37.8 Å². The first kappa shape index (κ1) is 23.2. The number of hydrogen-bond donors (Lipinski definition) is 0. The van der Waals surface area contributed by atoms with Gasteiger partial charge in [0.25, 0.3) is 5.91 Å². The molecule has 0 aliphatic rings. The first-order valence-electron chi connectivity index (χ1n) is 8.96. The number of carbonyl (C=O) groups is 2. The summed E-state index contributed by atoms with van der Waals surface area (Å²) in [7, 11) is 2.74. The van der Waals surface area contributed by atoms with Gasteiger partial charge in [0.1, 0.15) is 6.54 Å². The molecule has 0 atom stereocenters. The van der Waals surface area contributed by atoms with Gasteiger partial charge >= 0.3 is 12.1 Å². The van der Waals surface area contributed by atoms with Gasteiger partial charge in [0.15, 0.2) is 11.4 Å². The molecule has 1 amide bonds. The molecule has 1 aromatic carbocycles. The first-order valence-corrected chi connectivity index (χ1v) is 8.96. The Bertz CT molecular complexity index is 883. The lowest BCUT2D eigenvalue weighted by molar-refractivity contribution is -0.144. The van der Waals surface area contributed by atoms with E-state index < -0.39 is 23.6 Å². The van der Waals surface area contributed by atoms with Gasteiger partial charge in [-0.25, -0.2) is 4.68 Å². The fourth-order valence-corrected chi connectivity index (χ4v) is 2.58. The molecule has 0 aliphatic heterocycles. The Morgan fingerprint density at radius 1 is 1.23 bits per heavy atom. The maximum Gasteiger partial charge on any atom is 0.416 e.